The van der Waals surface area contributed by atoms with Gasteiger partial charge < -0.3 is 10.7 Å². The number of nitrogens with one attached hydrogen (secondary N) is 2. The Balaban J connectivity index is 2.55. The van der Waals surface area contributed by atoms with Crippen LogP contribution in [0.3, 0.4) is 0 Å². The number of carbonyl (C=O) groups excluding carboxylic acids is 1. The van der Waals surface area contributed by atoms with Crippen molar-refractivity contribution in [3.8, 4) is 0 Å². The van der Waals surface area contributed by atoms with Crippen molar-refractivity contribution in [2.75, 3.05) is 12.0 Å². The van der Waals surface area contributed by atoms with Crippen LogP contribution in [0.15, 0.2) is 12.3 Å². The van der Waals surface area contributed by atoms with Crippen molar-refractivity contribution in [1.29, 1.82) is 0 Å². The van der Waals surface area contributed by atoms with E-state index in [1.807, 2.05) is 0 Å². The van der Waals surface area contributed by atoms with Gasteiger partial charge in [0.05, 0.1) is 10.6 Å². The van der Waals surface area contributed by atoms with Gasteiger partial charge in [-0.2, -0.15) is 0 Å². The fourth-order valence-corrected chi connectivity index (χ4v) is 2.25. The van der Waals surface area contributed by atoms with Gasteiger partial charge in [-0.3, -0.25) is 4.79 Å². The van der Waals surface area contributed by atoms with E-state index in [-0.39, 0.29) is 11.3 Å². The summed E-state index contributed by atoms with van der Waals surface area (Å²) >= 11 is 5.96. The van der Waals surface area contributed by atoms with Gasteiger partial charge in [0.15, 0.2) is 5.82 Å². The first-order valence-corrected chi connectivity index (χ1v) is 7.68. The molecule has 0 spiro atoms. The van der Waals surface area contributed by atoms with E-state index in [9.17, 15) is 4.79 Å². The Bertz CT molecular complexity index is 477. The molecule has 0 aliphatic heterocycles. The van der Waals surface area contributed by atoms with Gasteiger partial charge >= 0.3 is 0 Å². The van der Waals surface area contributed by atoms with Crippen LogP contribution in [0.25, 0.3) is 0 Å². The first kappa shape index (κ1) is 17.7. The average molecular weight is 313 g/mol. The van der Waals surface area contributed by atoms with Gasteiger partial charge in [0.2, 0.25) is 0 Å². The summed E-state index contributed by atoms with van der Waals surface area (Å²) in [5, 5.41) is 3.27. The zero-order chi connectivity index (χ0) is 15.9. The number of nitrogens with two attached hydrogens (primary N) is 1. The Hall–Kier alpha value is -1.33. The summed E-state index contributed by atoms with van der Waals surface area (Å²) in [5.74, 6) is 5.44. The molecule has 0 bridgehead atoms. The number of hydrogen-bond donors (Lipinski definition) is 3. The number of hydrazine groups is 1. The summed E-state index contributed by atoms with van der Waals surface area (Å²) in [5.41, 5.74) is 2.89. The van der Waals surface area contributed by atoms with Crippen molar-refractivity contribution >= 4 is 23.3 Å². The van der Waals surface area contributed by atoms with Crippen LogP contribution in [0, 0.1) is 5.41 Å². The molecular weight excluding hydrogens is 288 g/mol. The van der Waals surface area contributed by atoms with E-state index in [1.165, 1.54) is 25.5 Å². The normalized spacial score (nSPS) is 11.3. The van der Waals surface area contributed by atoms with Gasteiger partial charge in [-0.25, -0.2) is 10.8 Å². The molecule has 0 fully saturated rings. The zero-order valence-corrected chi connectivity index (χ0v) is 13.8. The summed E-state index contributed by atoms with van der Waals surface area (Å²) in [6.07, 6.45) is 6.17. The fourth-order valence-electron chi connectivity index (χ4n) is 2.03. The van der Waals surface area contributed by atoms with E-state index in [4.69, 9.17) is 17.4 Å². The molecule has 5 nitrogen and oxygen atoms in total. The lowest BCUT2D eigenvalue weighted by atomic mass is 9.87. The van der Waals surface area contributed by atoms with E-state index in [0.29, 0.717) is 22.9 Å². The van der Waals surface area contributed by atoms with Crippen LogP contribution in [-0.4, -0.2) is 17.4 Å². The Morgan fingerprint density at radius 3 is 2.71 bits per heavy atom. The molecule has 0 radical (unpaired) electrons. The number of hydrogen-bond acceptors (Lipinski definition) is 4. The first-order chi connectivity index (χ1) is 9.89. The molecule has 0 aliphatic rings. The number of halogens is 1. The topological polar surface area (TPSA) is 80.0 Å². The maximum absolute atomic E-state index is 12.1. The van der Waals surface area contributed by atoms with Crippen LogP contribution in [0.2, 0.25) is 5.02 Å². The minimum absolute atomic E-state index is 0.0841. The summed E-state index contributed by atoms with van der Waals surface area (Å²) in [6, 6.07) is 1.56. The Kier molecular flexibility index (Phi) is 6.92. The Labute approximate surface area is 131 Å². The van der Waals surface area contributed by atoms with Crippen molar-refractivity contribution in [2.24, 2.45) is 11.3 Å². The highest BCUT2D eigenvalue weighted by Gasteiger charge is 2.19. The standard InChI is InChI=1S/C15H25ClN4O/c1-4-5-6-7-15(2,3)10-19-14(21)11-8-12(16)13(20-17)18-9-11/h8-9H,4-7,10,17H2,1-3H3,(H,18,20)(H,19,21). The first-order valence-electron chi connectivity index (χ1n) is 7.30. The van der Waals surface area contributed by atoms with Crippen LogP contribution in [-0.2, 0) is 0 Å². The fraction of sp³-hybridized carbons (Fsp3) is 0.600. The molecule has 1 aromatic rings. The summed E-state index contributed by atoms with van der Waals surface area (Å²) in [4.78, 5) is 16.1. The third-order valence-corrected chi connectivity index (χ3v) is 3.71. The molecular formula is C15H25ClN4O. The largest absolute Gasteiger partial charge is 0.351 e. The van der Waals surface area contributed by atoms with Crippen molar-refractivity contribution in [3.05, 3.63) is 22.8 Å². The minimum atomic E-state index is -0.170. The molecule has 118 valence electrons. The lowest BCUT2D eigenvalue weighted by Gasteiger charge is -2.25. The molecule has 0 atom stereocenters. The highest BCUT2D eigenvalue weighted by Crippen LogP contribution is 2.23. The van der Waals surface area contributed by atoms with Gasteiger partial charge in [0, 0.05) is 12.7 Å². The predicted molar refractivity (Wildman–Crippen MR) is 87.3 cm³/mol. The highest BCUT2D eigenvalue weighted by atomic mass is 35.5. The summed E-state index contributed by atoms with van der Waals surface area (Å²) < 4.78 is 0. The number of amides is 1. The van der Waals surface area contributed by atoms with E-state index >= 15 is 0 Å². The van der Waals surface area contributed by atoms with E-state index in [0.717, 1.165) is 6.42 Å². The van der Waals surface area contributed by atoms with E-state index in [1.54, 1.807) is 6.07 Å². The number of aromatic nitrogens is 1. The molecule has 0 aliphatic carbocycles. The molecule has 0 unspecified atom stereocenters. The summed E-state index contributed by atoms with van der Waals surface area (Å²) in [7, 11) is 0. The van der Waals surface area contributed by atoms with Gasteiger partial charge in [-0.15, -0.1) is 0 Å². The monoisotopic (exact) mass is 312 g/mol. The third kappa shape index (κ3) is 5.89. The molecule has 1 amide bonds. The average Bonchev–Trinajstić information content (AvgIpc) is 2.45. The zero-order valence-electron chi connectivity index (χ0n) is 13.0. The van der Waals surface area contributed by atoms with Crippen LogP contribution in [0.5, 0.6) is 0 Å². The molecule has 0 aromatic carbocycles. The van der Waals surface area contributed by atoms with Crippen molar-refractivity contribution in [3.63, 3.8) is 0 Å². The highest BCUT2D eigenvalue weighted by molar-refractivity contribution is 6.33. The van der Waals surface area contributed by atoms with Crippen molar-refractivity contribution < 1.29 is 4.79 Å². The number of unbranched alkanes of at least 4 members (excludes halogenated alkanes) is 2. The second kappa shape index (κ2) is 8.20. The molecule has 0 saturated heterocycles. The number of nitrogens with zero attached hydrogens (tertiary/aromatic N) is 1. The van der Waals surface area contributed by atoms with Gasteiger partial charge in [-0.1, -0.05) is 51.6 Å². The van der Waals surface area contributed by atoms with Crippen LogP contribution in [0.4, 0.5) is 5.82 Å². The molecule has 21 heavy (non-hydrogen) atoms. The number of carbonyl (C=O) groups is 1. The lowest BCUT2D eigenvalue weighted by Crippen LogP contribution is -2.34. The molecule has 1 heterocycles. The van der Waals surface area contributed by atoms with Gasteiger partial charge in [0.1, 0.15) is 0 Å². The maximum Gasteiger partial charge on any atom is 0.252 e. The van der Waals surface area contributed by atoms with Crippen molar-refractivity contribution in [1.82, 2.24) is 10.3 Å². The molecule has 1 rings (SSSR count). The van der Waals surface area contributed by atoms with Crippen LogP contribution < -0.4 is 16.6 Å². The quantitative estimate of drug-likeness (QED) is 0.390. The number of nitrogen functional groups attached to an aromatic ring is 1. The lowest BCUT2D eigenvalue weighted by molar-refractivity contribution is 0.0933. The van der Waals surface area contributed by atoms with Gasteiger partial charge in [-0.05, 0) is 17.9 Å². The van der Waals surface area contributed by atoms with E-state index < -0.39 is 0 Å². The second-order valence-corrected chi connectivity index (χ2v) is 6.41. The predicted octanol–water partition coefficient (Wildman–Crippen LogP) is 3.36. The molecule has 6 heteroatoms. The van der Waals surface area contributed by atoms with Crippen molar-refractivity contribution in [2.45, 2.75) is 46.5 Å². The molecule has 1 aromatic heterocycles. The number of rotatable bonds is 8. The maximum atomic E-state index is 12.1. The molecule has 4 N–H and O–H groups in total. The third-order valence-electron chi connectivity index (χ3n) is 3.42. The van der Waals surface area contributed by atoms with E-state index in [2.05, 4.69) is 36.5 Å². The minimum Gasteiger partial charge on any atom is -0.351 e. The van der Waals surface area contributed by atoms with Crippen LogP contribution in [0.1, 0.15) is 56.8 Å². The number of pyridine rings is 1. The Morgan fingerprint density at radius 1 is 1.43 bits per heavy atom. The number of anilines is 1. The smallest absolute Gasteiger partial charge is 0.252 e. The van der Waals surface area contributed by atoms with Crippen LogP contribution >= 0.6 is 11.6 Å². The Morgan fingerprint density at radius 2 is 2.14 bits per heavy atom. The summed E-state index contributed by atoms with van der Waals surface area (Å²) in [6.45, 7) is 7.14. The SMILES string of the molecule is CCCCCC(C)(C)CNC(=O)c1cnc(NN)c(Cl)c1. The van der Waals surface area contributed by atoms with Gasteiger partial charge in [0.25, 0.3) is 5.91 Å². The second-order valence-electron chi connectivity index (χ2n) is 6.00. The molecule has 0 saturated carbocycles.